The van der Waals surface area contributed by atoms with E-state index in [9.17, 15) is 9.59 Å². The lowest BCUT2D eigenvalue weighted by Crippen LogP contribution is -2.45. The van der Waals surface area contributed by atoms with Crippen LogP contribution in [-0.4, -0.2) is 82.9 Å². The van der Waals surface area contributed by atoms with E-state index in [2.05, 4.69) is 47.7 Å². The number of likely N-dealkylation sites (N-methyl/N-ethyl adjacent to an activating group) is 1. The zero-order valence-electron chi connectivity index (χ0n) is 19.8. The van der Waals surface area contributed by atoms with E-state index in [0.717, 1.165) is 39.1 Å². The van der Waals surface area contributed by atoms with Gasteiger partial charge in [-0.05, 0) is 56.4 Å². The highest BCUT2D eigenvalue weighted by Crippen LogP contribution is 2.16. The molecule has 3 aromatic heterocycles. The van der Waals surface area contributed by atoms with E-state index >= 15 is 0 Å². The fourth-order valence-corrected chi connectivity index (χ4v) is 3.73. The van der Waals surface area contributed by atoms with Crippen LogP contribution in [0.5, 0.6) is 0 Å². The molecule has 1 aliphatic heterocycles. The van der Waals surface area contributed by atoms with Crippen molar-refractivity contribution < 1.29 is 9.59 Å². The number of amides is 2. The van der Waals surface area contributed by atoms with Gasteiger partial charge in [0.15, 0.2) is 0 Å². The minimum Gasteiger partial charge on any atom is -0.352 e. The van der Waals surface area contributed by atoms with Gasteiger partial charge < -0.3 is 25.8 Å². The second kappa shape index (κ2) is 12.0. The van der Waals surface area contributed by atoms with Crippen LogP contribution in [0.2, 0.25) is 0 Å². The molecule has 2 amide bonds. The van der Waals surface area contributed by atoms with Crippen LogP contribution in [0.15, 0.2) is 61.2 Å². The maximum absolute atomic E-state index is 12.6. The molecule has 0 aromatic carbocycles. The number of nitrogens with zero attached hydrogens (tertiary/aromatic N) is 5. The monoisotopic (exact) mass is 474 g/mol. The molecule has 4 rings (SSSR count). The number of anilines is 3. The van der Waals surface area contributed by atoms with Gasteiger partial charge in [-0.2, -0.15) is 0 Å². The fourth-order valence-electron chi connectivity index (χ4n) is 3.73. The van der Waals surface area contributed by atoms with Crippen molar-refractivity contribution in [2.45, 2.75) is 6.42 Å². The average molecular weight is 475 g/mol. The molecule has 4 heterocycles. The van der Waals surface area contributed by atoms with Crippen LogP contribution in [0.25, 0.3) is 0 Å². The van der Waals surface area contributed by atoms with E-state index < -0.39 is 0 Å². The van der Waals surface area contributed by atoms with Crippen molar-refractivity contribution in [3.8, 4) is 0 Å². The SMILES string of the molecule is CN1CCN(CCCNC(=O)c2ccnc(Nc3cc(C(=O)Nc4ccncc4)ccn3)c2)CC1. The number of nitrogens with one attached hydrogen (secondary N) is 3. The topological polar surface area (TPSA) is 115 Å². The Hall–Kier alpha value is -3.89. The summed E-state index contributed by atoms with van der Waals surface area (Å²) in [5, 5.41) is 8.86. The predicted octanol–water partition coefficient (Wildman–Crippen LogP) is 2.23. The molecule has 35 heavy (non-hydrogen) atoms. The molecule has 0 unspecified atom stereocenters. The molecule has 10 nitrogen and oxygen atoms in total. The third-order valence-corrected chi connectivity index (χ3v) is 5.77. The van der Waals surface area contributed by atoms with Gasteiger partial charge in [-0.25, -0.2) is 9.97 Å². The number of pyridine rings is 3. The molecule has 0 radical (unpaired) electrons. The van der Waals surface area contributed by atoms with E-state index in [1.54, 1.807) is 61.2 Å². The molecule has 182 valence electrons. The lowest BCUT2D eigenvalue weighted by Gasteiger charge is -2.32. The molecule has 0 saturated carbocycles. The molecular weight excluding hydrogens is 444 g/mol. The van der Waals surface area contributed by atoms with Crippen LogP contribution < -0.4 is 16.0 Å². The summed E-state index contributed by atoms with van der Waals surface area (Å²) in [4.78, 5) is 42.4. The third-order valence-electron chi connectivity index (χ3n) is 5.77. The van der Waals surface area contributed by atoms with E-state index in [0.29, 0.717) is 35.0 Å². The summed E-state index contributed by atoms with van der Waals surface area (Å²) in [6, 6.07) is 10.0. The molecule has 0 bridgehead atoms. The second-order valence-electron chi connectivity index (χ2n) is 8.43. The normalized spacial score (nSPS) is 14.3. The van der Waals surface area contributed by atoms with Crippen LogP contribution in [-0.2, 0) is 0 Å². The average Bonchev–Trinajstić information content (AvgIpc) is 2.88. The van der Waals surface area contributed by atoms with Crippen molar-refractivity contribution >= 4 is 29.1 Å². The highest BCUT2D eigenvalue weighted by Gasteiger charge is 2.14. The molecule has 0 spiro atoms. The predicted molar refractivity (Wildman–Crippen MR) is 135 cm³/mol. The minimum atomic E-state index is -0.265. The van der Waals surface area contributed by atoms with Crippen LogP contribution in [0, 0.1) is 0 Å². The lowest BCUT2D eigenvalue weighted by molar-refractivity contribution is 0.0948. The van der Waals surface area contributed by atoms with Gasteiger partial charge in [0.25, 0.3) is 11.8 Å². The Bertz CT molecular complexity index is 1130. The molecule has 10 heteroatoms. The van der Waals surface area contributed by atoms with E-state index in [4.69, 9.17) is 0 Å². The highest BCUT2D eigenvalue weighted by molar-refractivity contribution is 6.04. The molecule has 0 atom stereocenters. The van der Waals surface area contributed by atoms with Crippen molar-refractivity contribution in [3.05, 3.63) is 72.3 Å². The van der Waals surface area contributed by atoms with Crippen molar-refractivity contribution in [1.82, 2.24) is 30.1 Å². The summed E-state index contributed by atoms with van der Waals surface area (Å²) in [6.45, 7) is 5.92. The largest absolute Gasteiger partial charge is 0.352 e. The zero-order valence-corrected chi connectivity index (χ0v) is 19.8. The first-order chi connectivity index (χ1) is 17.1. The third kappa shape index (κ3) is 7.29. The van der Waals surface area contributed by atoms with Crippen molar-refractivity contribution in [2.24, 2.45) is 0 Å². The summed E-state index contributed by atoms with van der Waals surface area (Å²) in [5.41, 5.74) is 1.60. The van der Waals surface area contributed by atoms with Gasteiger partial charge in [-0.1, -0.05) is 0 Å². The Morgan fingerprint density at radius 1 is 0.857 bits per heavy atom. The summed E-state index contributed by atoms with van der Waals surface area (Å²) in [6.07, 6.45) is 7.24. The van der Waals surface area contributed by atoms with Gasteiger partial charge in [-0.3, -0.25) is 14.6 Å². The lowest BCUT2D eigenvalue weighted by atomic mass is 10.2. The highest BCUT2D eigenvalue weighted by atomic mass is 16.2. The summed E-state index contributed by atoms with van der Waals surface area (Å²) < 4.78 is 0. The number of rotatable bonds is 9. The van der Waals surface area contributed by atoms with E-state index in [1.165, 1.54) is 0 Å². The molecular formula is C25H30N8O2. The minimum absolute atomic E-state index is 0.146. The number of piperazine rings is 1. The quantitative estimate of drug-likeness (QED) is 0.405. The van der Waals surface area contributed by atoms with Crippen molar-refractivity contribution in [2.75, 3.05) is 56.9 Å². The van der Waals surface area contributed by atoms with Gasteiger partial charge in [0, 0.05) is 74.3 Å². The molecule has 3 N–H and O–H groups in total. The second-order valence-corrected chi connectivity index (χ2v) is 8.43. The number of aromatic nitrogens is 3. The standard InChI is InChI=1S/C25H30N8O2/c1-32-13-15-33(16-14-32)12-2-7-29-24(34)19-3-10-27-22(17-19)31-23-18-20(4-11-28-23)25(35)30-21-5-8-26-9-6-21/h3-6,8-11,17-18H,2,7,12-16H2,1H3,(H,29,34)(H,26,30,35)(H,27,28,31). The van der Waals surface area contributed by atoms with Crippen LogP contribution in [0.4, 0.5) is 17.3 Å². The summed E-state index contributed by atoms with van der Waals surface area (Å²) in [7, 11) is 2.14. The smallest absolute Gasteiger partial charge is 0.255 e. The van der Waals surface area contributed by atoms with Gasteiger partial charge in [-0.15, -0.1) is 0 Å². The van der Waals surface area contributed by atoms with E-state index in [1.807, 2.05) is 0 Å². The van der Waals surface area contributed by atoms with Crippen LogP contribution in [0.1, 0.15) is 27.1 Å². The fraction of sp³-hybridized carbons (Fsp3) is 0.320. The Morgan fingerprint density at radius 3 is 2.14 bits per heavy atom. The molecule has 1 fully saturated rings. The maximum Gasteiger partial charge on any atom is 0.255 e. The Morgan fingerprint density at radius 2 is 1.49 bits per heavy atom. The first kappa shape index (κ1) is 24.2. The number of carbonyl (C=O) groups is 2. The summed E-state index contributed by atoms with van der Waals surface area (Å²) in [5.74, 6) is 0.505. The molecule has 1 saturated heterocycles. The van der Waals surface area contributed by atoms with E-state index in [-0.39, 0.29) is 11.8 Å². The molecule has 3 aromatic rings. The van der Waals surface area contributed by atoms with Gasteiger partial charge in [0.2, 0.25) is 0 Å². The van der Waals surface area contributed by atoms with Gasteiger partial charge in [0.05, 0.1) is 0 Å². The van der Waals surface area contributed by atoms with Crippen molar-refractivity contribution in [1.29, 1.82) is 0 Å². The number of carbonyl (C=O) groups excluding carboxylic acids is 2. The van der Waals surface area contributed by atoms with Crippen LogP contribution >= 0.6 is 0 Å². The number of hydrogen-bond donors (Lipinski definition) is 3. The first-order valence-electron chi connectivity index (χ1n) is 11.7. The van der Waals surface area contributed by atoms with Crippen LogP contribution in [0.3, 0.4) is 0 Å². The Balaban J connectivity index is 1.29. The Kier molecular flexibility index (Phi) is 8.31. The zero-order chi connectivity index (χ0) is 24.5. The first-order valence-corrected chi connectivity index (χ1v) is 11.7. The summed E-state index contributed by atoms with van der Waals surface area (Å²) >= 11 is 0. The van der Waals surface area contributed by atoms with Gasteiger partial charge >= 0.3 is 0 Å². The molecule has 0 aliphatic carbocycles. The number of hydrogen-bond acceptors (Lipinski definition) is 8. The van der Waals surface area contributed by atoms with Crippen molar-refractivity contribution in [3.63, 3.8) is 0 Å². The molecule has 1 aliphatic rings. The maximum atomic E-state index is 12.6. The Labute approximate surface area is 204 Å². The van der Waals surface area contributed by atoms with Gasteiger partial charge in [0.1, 0.15) is 11.6 Å².